The normalized spacial score (nSPS) is 30.2. The monoisotopic (exact) mass is 169 g/mol. The van der Waals surface area contributed by atoms with Crippen molar-refractivity contribution in [2.75, 3.05) is 6.54 Å². The van der Waals surface area contributed by atoms with Gasteiger partial charge < -0.3 is 10.4 Å². The van der Waals surface area contributed by atoms with Crippen LogP contribution in [0.1, 0.15) is 32.6 Å². The molecule has 1 saturated carbocycles. The molecule has 0 saturated heterocycles. The van der Waals surface area contributed by atoms with E-state index in [4.69, 9.17) is 0 Å². The van der Waals surface area contributed by atoms with Crippen molar-refractivity contribution in [2.45, 2.75) is 44.8 Å². The van der Waals surface area contributed by atoms with Gasteiger partial charge in [0.1, 0.15) is 0 Å². The molecule has 0 atom stereocenters. The highest BCUT2D eigenvalue weighted by Gasteiger charge is 2.18. The maximum absolute atomic E-state index is 9.26. The molecule has 0 amide bonds. The van der Waals surface area contributed by atoms with Crippen LogP contribution in [0.15, 0.2) is 12.2 Å². The molecule has 70 valence electrons. The summed E-state index contributed by atoms with van der Waals surface area (Å²) in [6.45, 7) is 6.79. The second-order valence-corrected chi connectivity index (χ2v) is 3.84. The molecule has 2 N–H and O–H groups in total. The summed E-state index contributed by atoms with van der Waals surface area (Å²) in [6.07, 6.45) is 4.07. The van der Waals surface area contributed by atoms with Crippen molar-refractivity contribution in [3.05, 3.63) is 12.2 Å². The third-order valence-electron chi connectivity index (χ3n) is 2.39. The van der Waals surface area contributed by atoms with Gasteiger partial charge in [0.2, 0.25) is 0 Å². The minimum atomic E-state index is -0.0483. The molecular formula is C10H19NO. The van der Waals surface area contributed by atoms with E-state index in [1.165, 1.54) is 5.57 Å². The van der Waals surface area contributed by atoms with E-state index in [-0.39, 0.29) is 6.10 Å². The van der Waals surface area contributed by atoms with Gasteiger partial charge in [-0.1, -0.05) is 12.2 Å². The van der Waals surface area contributed by atoms with Crippen LogP contribution in [0.2, 0.25) is 0 Å². The first kappa shape index (κ1) is 9.75. The number of hydrogen-bond donors (Lipinski definition) is 2. The zero-order chi connectivity index (χ0) is 8.97. The average molecular weight is 169 g/mol. The van der Waals surface area contributed by atoms with E-state index in [0.717, 1.165) is 32.2 Å². The first-order valence-electron chi connectivity index (χ1n) is 4.74. The Bertz CT molecular complexity index is 148. The molecule has 1 aliphatic rings. The summed E-state index contributed by atoms with van der Waals surface area (Å²) in [5, 5.41) is 12.7. The number of hydrogen-bond acceptors (Lipinski definition) is 2. The molecule has 0 aromatic rings. The van der Waals surface area contributed by atoms with E-state index in [2.05, 4.69) is 11.9 Å². The summed E-state index contributed by atoms with van der Waals surface area (Å²) in [5.74, 6) is 0. The first-order chi connectivity index (χ1) is 5.68. The van der Waals surface area contributed by atoms with E-state index in [9.17, 15) is 5.11 Å². The fourth-order valence-electron chi connectivity index (χ4n) is 1.60. The number of rotatable bonds is 3. The van der Waals surface area contributed by atoms with Gasteiger partial charge in [-0.25, -0.2) is 0 Å². The van der Waals surface area contributed by atoms with Gasteiger partial charge in [0.05, 0.1) is 6.10 Å². The molecule has 0 radical (unpaired) electrons. The Labute approximate surface area is 74.7 Å². The number of aliphatic hydroxyl groups is 1. The summed E-state index contributed by atoms with van der Waals surface area (Å²) in [7, 11) is 0. The minimum Gasteiger partial charge on any atom is -0.393 e. The van der Waals surface area contributed by atoms with E-state index in [1.807, 2.05) is 6.92 Å². The highest BCUT2D eigenvalue weighted by atomic mass is 16.3. The maximum Gasteiger partial charge on any atom is 0.0541 e. The minimum absolute atomic E-state index is 0.0483. The van der Waals surface area contributed by atoms with E-state index in [1.54, 1.807) is 0 Å². The summed E-state index contributed by atoms with van der Waals surface area (Å²) in [4.78, 5) is 0. The fraction of sp³-hybridized carbons (Fsp3) is 0.800. The molecule has 0 aliphatic heterocycles. The molecule has 2 nitrogen and oxygen atoms in total. The third-order valence-corrected chi connectivity index (χ3v) is 2.39. The highest BCUT2D eigenvalue weighted by molar-refractivity contribution is 4.92. The molecule has 1 fully saturated rings. The summed E-state index contributed by atoms with van der Waals surface area (Å²) < 4.78 is 0. The largest absolute Gasteiger partial charge is 0.393 e. The number of aliphatic hydroxyl groups excluding tert-OH is 1. The Kier molecular flexibility index (Phi) is 3.76. The molecule has 2 heteroatoms. The predicted molar refractivity (Wildman–Crippen MR) is 51.1 cm³/mol. The van der Waals surface area contributed by atoms with Gasteiger partial charge in [-0.05, 0) is 32.6 Å². The molecule has 0 spiro atoms. The van der Waals surface area contributed by atoms with Crippen molar-refractivity contribution in [2.24, 2.45) is 0 Å². The van der Waals surface area contributed by atoms with Crippen molar-refractivity contribution in [3.8, 4) is 0 Å². The van der Waals surface area contributed by atoms with Gasteiger partial charge in [-0.2, -0.15) is 0 Å². The lowest BCUT2D eigenvalue weighted by Crippen LogP contribution is -2.35. The third kappa shape index (κ3) is 3.37. The Hall–Kier alpha value is -0.340. The molecule has 1 aliphatic carbocycles. The van der Waals surface area contributed by atoms with Gasteiger partial charge in [0, 0.05) is 12.6 Å². The molecule has 0 aromatic heterocycles. The topological polar surface area (TPSA) is 32.3 Å². The van der Waals surface area contributed by atoms with Crippen molar-refractivity contribution >= 4 is 0 Å². The van der Waals surface area contributed by atoms with Crippen LogP contribution in [0.3, 0.4) is 0 Å². The zero-order valence-electron chi connectivity index (χ0n) is 7.84. The van der Waals surface area contributed by atoms with Crippen molar-refractivity contribution in [1.82, 2.24) is 5.32 Å². The lowest BCUT2D eigenvalue weighted by Gasteiger charge is -2.26. The Balaban J connectivity index is 2.13. The number of nitrogens with one attached hydrogen (secondary N) is 1. The lowest BCUT2D eigenvalue weighted by atomic mass is 9.93. The second-order valence-electron chi connectivity index (χ2n) is 3.84. The average Bonchev–Trinajstić information content (AvgIpc) is 2.03. The van der Waals surface area contributed by atoms with Crippen LogP contribution in [0.4, 0.5) is 0 Å². The quantitative estimate of drug-likeness (QED) is 0.627. The van der Waals surface area contributed by atoms with Crippen LogP contribution in [0, 0.1) is 0 Å². The predicted octanol–water partition coefficient (Wildman–Crippen LogP) is 1.46. The standard InChI is InChI=1S/C10H19NO/c1-8(2)7-11-9-3-5-10(12)6-4-9/h9-12H,1,3-7H2,2H3. The molecule has 12 heavy (non-hydrogen) atoms. The van der Waals surface area contributed by atoms with E-state index in [0.29, 0.717) is 6.04 Å². The van der Waals surface area contributed by atoms with Gasteiger partial charge in [-0.15, -0.1) is 0 Å². The lowest BCUT2D eigenvalue weighted by molar-refractivity contribution is 0.117. The van der Waals surface area contributed by atoms with Gasteiger partial charge >= 0.3 is 0 Å². The van der Waals surface area contributed by atoms with Crippen LogP contribution >= 0.6 is 0 Å². The van der Waals surface area contributed by atoms with Crippen LogP contribution in [-0.2, 0) is 0 Å². The van der Waals surface area contributed by atoms with Crippen LogP contribution in [0.25, 0.3) is 0 Å². The second kappa shape index (κ2) is 4.63. The van der Waals surface area contributed by atoms with Crippen LogP contribution < -0.4 is 5.32 Å². The molecule has 0 unspecified atom stereocenters. The summed E-state index contributed by atoms with van der Waals surface area (Å²) in [6, 6.07) is 0.602. The SMILES string of the molecule is C=C(C)CNC1CCC(O)CC1. The Morgan fingerprint density at radius 2 is 2.00 bits per heavy atom. The van der Waals surface area contributed by atoms with Crippen LogP contribution in [0.5, 0.6) is 0 Å². The van der Waals surface area contributed by atoms with Gasteiger partial charge in [-0.3, -0.25) is 0 Å². The molecular weight excluding hydrogens is 150 g/mol. The van der Waals surface area contributed by atoms with Crippen molar-refractivity contribution in [1.29, 1.82) is 0 Å². The summed E-state index contributed by atoms with van der Waals surface area (Å²) >= 11 is 0. The van der Waals surface area contributed by atoms with E-state index >= 15 is 0 Å². The zero-order valence-corrected chi connectivity index (χ0v) is 7.84. The fourth-order valence-corrected chi connectivity index (χ4v) is 1.60. The molecule has 0 heterocycles. The molecule has 0 aromatic carbocycles. The van der Waals surface area contributed by atoms with Gasteiger partial charge in [0.15, 0.2) is 0 Å². The highest BCUT2D eigenvalue weighted by Crippen LogP contribution is 2.18. The molecule has 1 rings (SSSR count). The first-order valence-corrected chi connectivity index (χ1v) is 4.74. The summed E-state index contributed by atoms with van der Waals surface area (Å²) in [5.41, 5.74) is 1.18. The van der Waals surface area contributed by atoms with Crippen molar-refractivity contribution in [3.63, 3.8) is 0 Å². The Morgan fingerprint density at radius 1 is 1.42 bits per heavy atom. The Morgan fingerprint density at radius 3 is 2.50 bits per heavy atom. The van der Waals surface area contributed by atoms with Gasteiger partial charge in [0.25, 0.3) is 0 Å². The maximum atomic E-state index is 9.26. The van der Waals surface area contributed by atoms with Crippen molar-refractivity contribution < 1.29 is 5.11 Å². The van der Waals surface area contributed by atoms with E-state index < -0.39 is 0 Å². The van der Waals surface area contributed by atoms with Crippen LogP contribution in [-0.4, -0.2) is 23.8 Å². The molecule has 0 bridgehead atoms. The smallest absolute Gasteiger partial charge is 0.0541 e.